The number of imide groups is 1. The maximum Gasteiger partial charge on any atom is 0.261 e. The summed E-state index contributed by atoms with van der Waals surface area (Å²) in [6, 6.07) is 11.0. The second-order valence-corrected chi connectivity index (χ2v) is 8.24. The van der Waals surface area contributed by atoms with E-state index in [-0.39, 0.29) is 11.8 Å². The quantitative estimate of drug-likeness (QED) is 0.259. The van der Waals surface area contributed by atoms with Crippen LogP contribution in [0.2, 0.25) is 0 Å². The van der Waals surface area contributed by atoms with Crippen molar-refractivity contribution in [3.63, 3.8) is 0 Å². The second-order valence-electron chi connectivity index (χ2n) is 7.09. The summed E-state index contributed by atoms with van der Waals surface area (Å²) in [5.74, 6) is -0.165. The first kappa shape index (κ1) is 22.6. The number of amides is 2. The Labute approximate surface area is 186 Å². The van der Waals surface area contributed by atoms with E-state index >= 15 is 0 Å². The molecule has 1 aliphatic rings. The van der Waals surface area contributed by atoms with E-state index in [2.05, 4.69) is 31.0 Å². The summed E-state index contributed by atoms with van der Waals surface area (Å²) in [7, 11) is 1.48. The molecule has 3 aromatic rings. The Kier molecular flexibility index (Phi) is 6.81. The maximum atomic E-state index is 12.3. The number of carbonyl (C=O) groups excluding carboxylic acids is 2. The van der Waals surface area contributed by atoms with Crippen LogP contribution in [-0.4, -0.2) is 28.7 Å². The number of fused-ring (bicyclic) bond motifs is 2. The Morgan fingerprint density at radius 2 is 1.74 bits per heavy atom. The van der Waals surface area contributed by atoms with E-state index in [9.17, 15) is 9.59 Å². The highest BCUT2D eigenvalue weighted by Gasteiger charge is 2.33. The van der Waals surface area contributed by atoms with Gasteiger partial charge in [-0.1, -0.05) is 37.3 Å². The molecular formula is C25H26N2O3S. The van der Waals surface area contributed by atoms with Gasteiger partial charge in [0.2, 0.25) is 5.89 Å². The molecule has 0 saturated carbocycles. The van der Waals surface area contributed by atoms with Gasteiger partial charge >= 0.3 is 0 Å². The monoisotopic (exact) mass is 434 g/mol. The van der Waals surface area contributed by atoms with Gasteiger partial charge in [-0.2, -0.15) is 0 Å². The molecule has 160 valence electrons. The lowest BCUT2D eigenvalue weighted by Gasteiger charge is -2.02. The number of rotatable bonds is 4. The lowest BCUT2D eigenvalue weighted by molar-refractivity contribution is 0.0693. The highest BCUT2D eigenvalue weighted by atomic mass is 32.2. The van der Waals surface area contributed by atoms with Crippen LogP contribution in [-0.2, 0) is 0 Å². The standard InChI is InChI=1S/C23H20N2O3S.C2H6/c1-5-15(10-13(2)3)29-16-7-9-20-19(12-16)24-21(28-20)14-6-8-17-18(11-14)23(27)25(4)22(17)26;1-2/h5-12H,1-4H3;1-2H3/b15-5+;. The number of allylic oxidation sites excluding steroid dienone is 3. The van der Waals surface area contributed by atoms with E-state index in [1.807, 2.05) is 39.0 Å². The molecule has 6 heteroatoms. The maximum absolute atomic E-state index is 12.3. The van der Waals surface area contributed by atoms with Crippen molar-refractivity contribution in [1.29, 1.82) is 0 Å². The van der Waals surface area contributed by atoms with Gasteiger partial charge in [-0.15, -0.1) is 0 Å². The number of benzene rings is 2. The third-order valence-corrected chi connectivity index (χ3v) is 5.73. The summed E-state index contributed by atoms with van der Waals surface area (Å²) in [6.07, 6.45) is 4.22. The summed E-state index contributed by atoms with van der Waals surface area (Å²) in [4.78, 5) is 32.3. The number of nitrogens with zero attached hydrogens (tertiary/aromatic N) is 2. The second kappa shape index (κ2) is 9.35. The van der Waals surface area contributed by atoms with Crippen LogP contribution < -0.4 is 0 Å². The molecular weight excluding hydrogens is 408 g/mol. The van der Waals surface area contributed by atoms with Gasteiger partial charge in [-0.3, -0.25) is 14.5 Å². The summed E-state index contributed by atoms with van der Waals surface area (Å²) in [5, 5.41) is 0. The van der Waals surface area contributed by atoms with Gasteiger partial charge in [0.25, 0.3) is 11.8 Å². The van der Waals surface area contributed by atoms with Crippen LogP contribution in [0.3, 0.4) is 0 Å². The van der Waals surface area contributed by atoms with Crippen molar-refractivity contribution in [2.45, 2.75) is 39.5 Å². The zero-order valence-corrected chi connectivity index (χ0v) is 19.5. The van der Waals surface area contributed by atoms with E-state index in [1.54, 1.807) is 30.0 Å². The summed E-state index contributed by atoms with van der Waals surface area (Å²) in [6.45, 7) is 10.2. The van der Waals surface area contributed by atoms with Crippen molar-refractivity contribution in [3.05, 3.63) is 70.2 Å². The molecule has 0 aliphatic carbocycles. The zero-order chi connectivity index (χ0) is 22.7. The molecule has 2 aromatic carbocycles. The lowest BCUT2D eigenvalue weighted by Crippen LogP contribution is -2.24. The fraction of sp³-hybridized carbons (Fsp3) is 0.240. The van der Waals surface area contributed by atoms with Gasteiger partial charge in [0.1, 0.15) is 5.52 Å². The molecule has 2 heterocycles. The molecule has 0 unspecified atom stereocenters. The van der Waals surface area contributed by atoms with Crippen LogP contribution in [0.15, 0.2) is 68.3 Å². The Bertz CT molecular complexity index is 1220. The van der Waals surface area contributed by atoms with E-state index < -0.39 is 0 Å². The molecule has 0 fully saturated rings. The first-order valence-corrected chi connectivity index (χ1v) is 11.1. The SMILES string of the molecule is C/C=C(\C=C(C)C)Sc1ccc2oc(-c3ccc4c(c3)C(=O)N(C)C4=O)nc2c1.CC. The van der Waals surface area contributed by atoms with Crippen LogP contribution in [0.4, 0.5) is 0 Å². The van der Waals surface area contributed by atoms with Crippen LogP contribution in [0, 0.1) is 0 Å². The van der Waals surface area contributed by atoms with Gasteiger partial charge in [0.05, 0.1) is 11.1 Å². The first-order chi connectivity index (χ1) is 14.9. The Hall–Kier alpha value is -3.12. The van der Waals surface area contributed by atoms with Gasteiger partial charge in [-0.05, 0) is 63.2 Å². The molecule has 31 heavy (non-hydrogen) atoms. The molecule has 5 nitrogen and oxygen atoms in total. The van der Waals surface area contributed by atoms with Crippen molar-refractivity contribution in [2.24, 2.45) is 0 Å². The van der Waals surface area contributed by atoms with Crippen molar-refractivity contribution in [3.8, 4) is 11.5 Å². The minimum absolute atomic E-state index is 0.285. The number of hydrogen-bond acceptors (Lipinski definition) is 5. The fourth-order valence-corrected chi connectivity index (χ4v) is 4.17. The Morgan fingerprint density at radius 3 is 2.42 bits per heavy atom. The average Bonchev–Trinajstić information content (AvgIpc) is 3.29. The third-order valence-electron chi connectivity index (χ3n) is 4.65. The predicted molar refractivity (Wildman–Crippen MR) is 126 cm³/mol. The highest BCUT2D eigenvalue weighted by molar-refractivity contribution is 8.03. The number of thioether (sulfide) groups is 1. The summed E-state index contributed by atoms with van der Waals surface area (Å²) < 4.78 is 5.90. The van der Waals surface area contributed by atoms with E-state index in [1.165, 1.54) is 17.5 Å². The lowest BCUT2D eigenvalue weighted by atomic mass is 10.1. The van der Waals surface area contributed by atoms with Crippen LogP contribution in [0.1, 0.15) is 55.3 Å². The topological polar surface area (TPSA) is 63.4 Å². The van der Waals surface area contributed by atoms with Crippen LogP contribution >= 0.6 is 11.8 Å². The predicted octanol–water partition coefficient (Wildman–Crippen LogP) is 6.71. The van der Waals surface area contributed by atoms with Crippen molar-refractivity contribution in [1.82, 2.24) is 9.88 Å². The van der Waals surface area contributed by atoms with Crippen molar-refractivity contribution < 1.29 is 14.0 Å². The van der Waals surface area contributed by atoms with Crippen molar-refractivity contribution in [2.75, 3.05) is 7.05 Å². The number of carbonyl (C=O) groups is 2. The minimum atomic E-state index is -0.306. The summed E-state index contributed by atoms with van der Waals surface area (Å²) in [5.41, 5.74) is 4.13. The summed E-state index contributed by atoms with van der Waals surface area (Å²) >= 11 is 1.67. The van der Waals surface area contributed by atoms with Crippen LogP contribution in [0.25, 0.3) is 22.6 Å². The highest BCUT2D eigenvalue weighted by Crippen LogP contribution is 2.33. The Balaban J connectivity index is 0.00000132. The molecule has 0 N–H and O–H groups in total. The molecule has 0 bridgehead atoms. The van der Waals surface area contributed by atoms with E-state index in [0.717, 1.165) is 15.3 Å². The zero-order valence-electron chi connectivity index (χ0n) is 18.6. The van der Waals surface area contributed by atoms with Gasteiger partial charge in [0.15, 0.2) is 5.58 Å². The molecule has 0 radical (unpaired) electrons. The molecule has 0 atom stereocenters. The number of aromatic nitrogens is 1. The van der Waals surface area contributed by atoms with Gasteiger partial charge < -0.3 is 4.42 Å². The molecule has 1 aliphatic heterocycles. The first-order valence-electron chi connectivity index (χ1n) is 10.2. The average molecular weight is 435 g/mol. The largest absolute Gasteiger partial charge is 0.436 e. The minimum Gasteiger partial charge on any atom is -0.436 e. The smallest absolute Gasteiger partial charge is 0.261 e. The molecule has 0 spiro atoms. The normalized spacial score (nSPS) is 13.2. The van der Waals surface area contributed by atoms with Crippen molar-refractivity contribution >= 4 is 34.7 Å². The van der Waals surface area contributed by atoms with Gasteiger partial charge in [-0.25, -0.2) is 4.98 Å². The fourth-order valence-electron chi connectivity index (χ4n) is 3.18. The number of hydrogen-bond donors (Lipinski definition) is 0. The van der Waals surface area contributed by atoms with Crippen LogP contribution in [0.5, 0.6) is 0 Å². The third kappa shape index (κ3) is 4.49. The molecule has 0 saturated heterocycles. The van der Waals surface area contributed by atoms with E-state index in [4.69, 9.17) is 4.42 Å². The van der Waals surface area contributed by atoms with Gasteiger partial charge in [0, 0.05) is 22.4 Å². The molecule has 1 aromatic heterocycles. The van der Waals surface area contributed by atoms with E-state index in [0.29, 0.717) is 28.2 Å². The Morgan fingerprint density at radius 1 is 1.03 bits per heavy atom. The number of oxazole rings is 1. The molecule has 2 amide bonds. The molecule has 4 rings (SSSR count).